The summed E-state index contributed by atoms with van der Waals surface area (Å²) in [6, 6.07) is 1.69. The monoisotopic (exact) mass is 285 g/mol. The summed E-state index contributed by atoms with van der Waals surface area (Å²) in [4.78, 5) is 6.67. The lowest BCUT2D eigenvalue weighted by atomic mass is 10.3. The van der Waals surface area contributed by atoms with Gasteiger partial charge in [-0.2, -0.15) is 0 Å². The van der Waals surface area contributed by atoms with Crippen LogP contribution >= 0.6 is 23.2 Å². The number of fused-ring (bicyclic) bond motifs is 1. The van der Waals surface area contributed by atoms with Crippen LogP contribution in [0.3, 0.4) is 0 Å². The lowest BCUT2D eigenvalue weighted by molar-refractivity contribution is 0.174. The Kier molecular flexibility index (Phi) is 3.20. The lowest BCUT2D eigenvalue weighted by Gasteiger charge is -2.12. The van der Waals surface area contributed by atoms with Crippen molar-refractivity contribution >= 4 is 28.8 Å². The molecule has 0 amide bonds. The van der Waals surface area contributed by atoms with Crippen LogP contribution in [0.2, 0.25) is 10.0 Å². The van der Waals surface area contributed by atoms with E-state index in [1.54, 1.807) is 12.3 Å². The van der Waals surface area contributed by atoms with Crippen LogP contribution in [-0.2, 0) is 6.54 Å². The van der Waals surface area contributed by atoms with Gasteiger partial charge in [-0.05, 0) is 12.5 Å². The molecule has 3 rings (SSSR count). The van der Waals surface area contributed by atoms with Crippen molar-refractivity contribution in [3.63, 3.8) is 0 Å². The second-order valence-corrected chi connectivity index (χ2v) is 5.49. The summed E-state index contributed by atoms with van der Waals surface area (Å²) in [6.45, 7) is 2.35. The summed E-state index contributed by atoms with van der Waals surface area (Å²) in [5, 5.41) is 10.6. The van der Waals surface area contributed by atoms with Gasteiger partial charge in [-0.15, -0.1) is 0 Å². The van der Waals surface area contributed by atoms with Crippen LogP contribution in [-0.4, -0.2) is 38.6 Å². The number of aliphatic hydroxyl groups is 1. The summed E-state index contributed by atoms with van der Waals surface area (Å²) in [7, 11) is 0. The van der Waals surface area contributed by atoms with Crippen LogP contribution in [0.4, 0.5) is 0 Å². The number of halogens is 2. The number of imidazole rings is 1. The van der Waals surface area contributed by atoms with Crippen molar-refractivity contribution in [2.75, 3.05) is 13.1 Å². The summed E-state index contributed by atoms with van der Waals surface area (Å²) in [5.74, 6) is 0. The highest BCUT2D eigenvalue weighted by Gasteiger charge is 2.21. The van der Waals surface area contributed by atoms with Gasteiger partial charge in [0.1, 0.15) is 0 Å². The first-order valence-electron chi connectivity index (χ1n) is 5.85. The Hall–Kier alpha value is -0.810. The van der Waals surface area contributed by atoms with Gasteiger partial charge in [-0.1, -0.05) is 23.2 Å². The zero-order valence-corrected chi connectivity index (χ0v) is 11.2. The molecule has 4 nitrogen and oxygen atoms in total. The first-order valence-corrected chi connectivity index (χ1v) is 6.60. The Morgan fingerprint density at radius 2 is 2.22 bits per heavy atom. The molecule has 0 radical (unpaired) electrons. The molecule has 2 aromatic rings. The maximum Gasteiger partial charge on any atom is 0.156 e. The summed E-state index contributed by atoms with van der Waals surface area (Å²) in [6.07, 6.45) is 4.34. The number of aromatic nitrogens is 2. The molecule has 1 saturated heterocycles. The molecule has 6 heteroatoms. The topological polar surface area (TPSA) is 40.8 Å². The SMILES string of the molecule is O[C@H]1CCN(Cc2cn3cc(Cl)cc(Cl)c3n2)C1. The highest BCUT2D eigenvalue weighted by Crippen LogP contribution is 2.22. The zero-order chi connectivity index (χ0) is 12.7. The molecule has 1 aliphatic heterocycles. The van der Waals surface area contributed by atoms with E-state index in [-0.39, 0.29) is 6.10 Å². The molecular formula is C12H13Cl2N3O. The Bertz CT molecular complexity index is 584. The van der Waals surface area contributed by atoms with E-state index >= 15 is 0 Å². The average Bonchev–Trinajstić information content (AvgIpc) is 2.85. The molecule has 1 fully saturated rings. The standard InChI is InChI=1S/C12H13Cl2N3O/c13-8-3-11(14)12-15-9(6-17(12)4-8)5-16-2-1-10(18)7-16/h3-4,6,10,18H,1-2,5,7H2/t10-/m0/s1. The molecule has 18 heavy (non-hydrogen) atoms. The highest BCUT2D eigenvalue weighted by atomic mass is 35.5. The van der Waals surface area contributed by atoms with E-state index in [1.807, 2.05) is 10.6 Å². The van der Waals surface area contributed by atoms with Gasteiger partial charge in [0.25, 0.3) is 0 Å². The molecule has 96 valence electrons. The minimum atomic E-state index is -0.208. The van der Waals surface area contributed by atoms with Gasteiger partial charge in [0.2, 0.25) is 0 Å². The Balaban J connectivity index is 1.87. The number of rotatable bonds is 2. The molecule has 0 bridgehead atoms. The Labute approximate surface area is 115 Å². The quantitative estimate of drug-likeness (QED) is 0.920. The Morgan fingerprint density at radius 1 is 1.39 bits per heavy atom. The second kappa shape index (κ2) is 4.70. The van der Waals surface area contributed by atoms with Crippen LogP contribution in [0.15, 0.2) is 18.5 Å². The predicted octanol–water partition coefficient (Wildman–Crippen LogP) is 2.21. The van der Waals surface area contributed by atoms with E-state index in [2.05, 4.69) is 9.88 Å². The summed E-state index contributed by atoms with van der Waals surface area (Å²) in [5.41, 5.74) is 1.66. The molecule has 0 spiro atoms. The van der Waals surface area contributed by atoms with E-state index in [0.29, 0.717) is 16.6 Å². The van der Waals surface area contributed by atoms with Crippen molar-refractivity contribution in [2.45, 2.75) is 19.1 Å². The first kappa shape index (κ1) is 12.2. The lowest BCUT2D eigenvalue weighted by Crippen LogP contribution is -2.21. The average molecular weight is 286 g/mol. The molecule has 0 aromatic carbocycles. The van der Waals surface area contributed by atoms with Gasteiger partial charge in [0.15, 0.2) is 5.65 Å². The number of nitrogens with zero attached hydrogens (tertiary/aromatic N) is 3. The third-order valence-electron chi connectivity index (χ3n) is 3.16. The van der Waals surface area contributed by atoms with E-state index < -0.39 is 0 Å². The third-order valence-corrected chi connectivity index (χ3v) is 3.64. The molecule has 3 heterocycles. The number of pyridine rings is 1. The number of β-amino-alcohol motifs (C(OH)–C–C–N with tert-alkyl or cyclic N) is 1. The van der Waals surface area contributed by atoms with E-state index in [4.69, 9.17) is 23.2 Å². The number of aliphatic hydroxyl groups excluding tert-OH is 1. The molecule has 1 atom stereocenters. The van der Waals surface area contributed by atoms with Crippen LogP contribution in [0, 0.1) is 0 Å². The third kappa shape index (κ3) is 2.34. The maximum absolute atomic E-state index is 9.49. The zero-order valence-electron chi connectivity index (χ0n) is 9.68. The largest absolute Gasteiger partial charge is 0.392 e. The van der Waals surface area contributed by atoms with E-state index in [0.717, 1.165) is 30.9 Å². The molecule has 0 unspecified atom stereocenters. The van der Waals surface area contributed by atoms with Crippen LogP contribution in [0.1, 0.15) is 12.1 Å². The molecule has 0 aliphatic carbocycles. The van der Waals surface area contributed by atoms with Crippen molar-refractivity contribution in [1.82, 2.24) is 14.3 Å². The fraction of sp³-hybridized carbons (Fsp3) is 0.417. The Morgan fingerprint density at radius 3 is 2.94 bits per heavy atom. The molecule has 2 aromatic heterocycles. The van der Waals surface area contributed by atoms with Crippen molar-refractivity contribution < 1.29 is 5.11 Å². The summed E-state index contributed by atoms with van der Waals surface area (Å²) < 4.78 is 1.84. The van der Waals surface area contributed by atoms with Gasteiger partial charge >= 0.3 is 0 Å². The fourth-order valence-corrected chi connectivity index (χ4v) is 2.86. The first-order chi connectivity index (χ1) is 8.61. The smallest absolute Gasteiger partial charge is 0.156 e. The van der Waals surface area contributed by atoms with Crippen molar-refractivity contribution in [3.05, 3.63) is 34.2 Å². The van der Waals surface area contributed by atoms with Crippen molar-refractivity contribution in [2.24, 2.45) is 0 Å². The molecule has 1 N–H and O–H groups in total. The minimum Gasteiger partial charge on any atom is -0.392 e. The minimum absolute atomic E-state index is 0.208. The normalized spacial score (nSPS) is 20.9. The van der Waals surface area contributed by atoms with Crippen LogP contribution < -0.4 is 0 Å². The summed E-state index contributed by atoms with van der Waals surface area (Å²) >= 11 is 12.0. The van der Waals surface area contributed by atoms with Gasteiger partial charge in [0, 0.05) is 32.0 Å². The number of likely N-dealkylation sites (tertiary alicyclic amines) is 1. The molecule has 0 saturated carbocycles. The molecular weight excluding hydrogens is 273 g/mol. The van der Waals surface area contributed by atoms with Gasteiger partial charge < -0.3 is 9.51 Å². The van der Waals surface area contributed by atoms with Crippen molar-refractivity contribution in [1.29, 1.82) is 0 Å². The van der Waals surface area contributed by atoms with Crippen LogP contribution in [0.25, 0.3) is 5.65 Å². The fourth-order valence-electron chi connectivity index (χ4n) is 2.34. The number of hydrogen-bond donors (Lipinski definition) is 1. The molecule has 1 aliphatic rings. The van der Waals surface area contributed by atoms with Gasteiger partial charge in [0.05, 0.1) is 21.8 Å². The van der Waals surface area contributed by atoms with Gasteiger partial charge in [-0.3, -0.25) is 4.90 Å². The van der Waals surface area contributed by atoms with Gasteiger partial charge in [-0.25, -0.2) is 4.98 Å². The van der Waals surface area contributed by atoms with E-state index in [1.165, 1.54) is 0 Å². The van der Waals surface area contributed by atoms with E-state index in [9.17, 15) is 5.11 Å². The second-order valence-electron chi connectivity index (χ2n) is 4.65. The van der Waals surface area contributed by atoms with Crippen LogP contribution in [0.5, 0.6) is 0 Å². The van der Waals surface area contributed by atoms with Crippen molar-refractivity contribution in [3.8, 4) is 0 Å². The maximum atomic E-state index is 9.49. The number of hydrogen-bond acceptors (Lipinski definition) is 3. The highest BCUT2D eigenvalue weighted by molar-refractivity contribution is 6.36. The predicted molar refractivity (Wildman–Crippen MR) is 71.1 cm³/mol.